The van der Waals surface area contributed by atoms with Crippen LogP contribution in [0.5, 0.6) is 5.75 Å². The van der Waals surface area contributed by atoms with E-state index in [4.69, 9.17) is 15.5 Å². The SMILES string of the molecule is COc1ccc(-c2csc3nc(C(C)(C)C)c(CN)n23)cc1. The van der Waals surface area contributed by atoms with E-state index < -0.39 is 0 Å². The lowest BCUT2D eigenvalue weighted by Gasteiger charge is -2.17. The monoisotopic (exact) mass is 315 g/mol. The Labute approximate surface area is 134 Å². The minimum atomic E-state index is -0.0162. The maximum atomic E-state index is 6.03. The number of aromatic nitrogens is 2. The third kappa shape index (κ3) is 2.40. The van der Waals surface area contributed by atoms with Crippen molar-refractivity contribution >= 4 is 16.3 Å². The van der Waals surface area contributed by atoms with Gasteiger partial charge in [-0.2, -0.15) is 0 Å². The Morgan fingerprint density at radius 3 is 2.45 bits per heavy atom. The highest BCUT2D eigenvalue weighted by molar-refractivity contribution is 7.15. The van der Waals surface area contributed by atoms with E-state index in [0.29, 0.717) is 6.54 Å². The summed E-state index contributed by atoms with van der Waals surface area (Å²) in [7, 11) is 1.68. The average Bonchev–Trinajstić information content (AvgIpc) is 3.05. The molecule has 0 radical (unpaired) electrons. The fourth-order valence-corrected chi connectivity index (χ4v) is 3.58. The molecule has 2 aromatic heterocycles. The molecule has 0 aliphatic heterocycles. The molecule has 0 saturated carbocycles. The van der Waals surface area contributed by atoms with Gasteiger partial charge < -0.3 is 10.5 Å². The molecule has 3 rings (SSSR count). The van der Waals surface area contributed by atoms with Crippen molar-refractivity contribution in [3.63, 3.8) is 0 Å². The van der Waals surface area contributed by atoms with Crippen LogP contribution in [-0.2, 0) is 12.0 Å². The highest BCUT2D eigenvalue weighted by atomic mass is 32.1. The van der Waals surface area contributed by atoms with Crippen molar-refractivity contribution in [3.8, 4) is 17.0 Å². The minimum absolute atomic E-state index is 0.0162. The van der Waals surface area contributed by atoms with Gasteiger partial charge in [0.25, 0.3) is 0 Å². The summed E-state index contributed by atoms with van der Waals surface area (Å²) in [5.41, 5.74) is 10.5. The van der Waals surface area contributed by atoms with E-state index in [0.717, 1.165) is 33.4 Å². The maximum absolute atomic E-state index is 6.03. The second-order valence-electron chi connectivity index (χ2n) is 6.33. The predicted octanol–water partition coefficient (Wildman–Crippen LogP) is 3.83. The maximum Gasteiger partial charge on any atom is 0.194 e. The Morgan fingerprint density at radius 1 is 1.23 bits per heavy atom. The van der Waals surface area contributed by atoms with Gasteiger partial charge in [0, 0.05) is 17.3 Å². The smallest absolute Gasteiger partial charge is 0.194 e. The van der Waals surface area contributed by atoms with Gasteiger partial charge in [-0.25, -0.2) is 4.98 Å². The summed E-state index contributed by atoms with van der Waals surface area (Å²) in [5, 5.41) is 2.13. The summed E-state index contributed by atoms with van der Waals surface area (Å²) >= 11 is 1.65. The third-order valence-electron chi connectivity index (χ3n) is 3.75. The molecule has 1 aromatic carbocycles. The Bertz CT molecular complexity index is 794. The molecule has 0 saturated heterocycles. The van der Waals surface area contributed by atoms with Gasteiger partial charge in [-0.15, -0.1) is 11.3 Å². The Balaban J connectivity index is 2.20. The van der Waals surface area contributed by atoms with E-state index in [2.05, 4.69) is 42.7 Å². The normalized spacial score (nSPS) is 12.0. The number of nitrogens with two attached hydrogens (primary N) is 1. The molecule has 0 aliphatic carbocycles. The highest BCUT2D eigenvalue weighted by Crippen LogP contribution is 2.33. The number of fused-ring (bicyclic) bond motifs is 1. The molecule has 0 spiro atoms. The second-order valence-corrected chi connectivity index (χ2v) is 7.17. The van der Waals surface area contributed by atoms with Crippen LogP contribution in [0.25, 0.3) is 16.2 Å². The molecule has 0 bridgehead atoms. The molecule has 116 valence electrons. The van der Waals surface area contributed by atoms with Gasteiger partial charge in [-0.3, -0.25) is 4.40 Å². The van der Waals surface area contributed by atoms with Crippen LogP contribution in [0.1, 0.15) is 32.2 Å². The predicted molar refractivity (Wildman–Crippen MR) is 91.6 cm³/mol. The zero-order chi connectivity index (χ0) is 15.9. The summed E-state index contributed by atoms with van der Waals surface area (Å²) in [6.07, 6.45) is 0. The van der Waals surface area contributed by atoms with Gasteiger partial charge in [-0.1, -0.05) is 20.8 Å². The zero-order valence-electron chi connectivity index (χ0n) is 13.4. The van der Waals surface area contributed by atoms with Crippen molar-refractivity contribution in [2.75, 3.05) is 7.11 Å². The first-order valence-electron chi connectivity index (χ1n) is 7.29. The Morgan fingerprint density at radius 2 is 1.91 bits per heavy atom. The molecular weight excluding hydrogens is 294 g/mol. The molecule has 2 heterocycles. The molecule has 22 heavy (non-hydrogen) atoms. The van der Waals surface area contributed by atoms with Gasteiger partial charge >= 0.3 is 0 Å². The van der Waals surface area contributed by atoms with Crippen LogP contribution < -0.4 is 10.5 Å². The first-order chi connectivity index (χ1) is 10.5. The number of ether oxygens (including phenoxy) is 1. The van der Waals surface area contributed by atoms with E-state index in [-0.39, 0.29) is 5.41 Å². The number of hydrogen-bond donors (Lipinski definition) is 1. The van der Waals surface area contributed by atoms with E-state index >= 15 is 0 Å². The number of thiazole rings is 1. The van der Waals surface area contributed by atoms with Crippen molar-refractivity contribution in [1.29, 1.82) is 0 Å². The summed E-state index contributed by atoms with van der Waals surface area (Å²) < 4.78 is 7.42. The van der Waals surface area contributed by atoms with Crippen molar-refractivity contribution in [3.05, 3.63) is 41.0 Å². The first-order valence-corrected chi connectivity index (χ1v) is 8.17. The molecule has 0 amide bonds. The number of imidazole rings is 1. The van der Waals surface area contributed by atoms with E-state index in [1.54, 1.807) is 18.4 Å². The van der Waals surface area contributed by atoms with Crippen LogP contribution in [0.3, 0.4) is 0 Å². The first kappa shape index (κ1) is 15.1. The molecule has 0 aliphatic rings. The highest BCUT2D eigenvalue weighted by Gasteiger charge is 2.25. The summed E-state index contributed by atoms with van der Waals surface area (Å²) in [6.45, 7) is 7.00. The number of nitrogens with zero attached hydrogens (tertiary/aromatic N) is 2. The molecular formula is C17H21N3OS. The number of benzene rings is 1. The van der Waals surface area contributed by atoms with Crippen molar-refractivity contribution in [1.82, 2.24) is 9.38 Å². The van der Waals surface area contributed by atoms with E-state index in [1.165, 1.54) is 0 Å². The van der Waals surface area contributed by atoms with Crippen LogP contribution in [0, 0.1) is 0 Å². The van der Waals surface area contributed by atoms with Crippen LogP contribution in [0.15, 0.2) is 29.6 Å². The van der Waals surface area contributed by atoms with Gasteiger partial charge in [-0.05, 0) is 29.8 Å². The van der Waals surface area contributed by atoms with Crippen molar-refractivity contribution in [2.24, 2.45) is 5.73 Å². The van der Waals surface area contributed by atoms with Crippen LogP contribution in [0.4, 0.5) is 0 Å². The van der Waals surface area contributed by atoms with E-state index in [1.807, 2.05) is 12.1 Å². The zero-order valence-corrected chi connectivity index (χ0v) is 14.2. The van der Waals surface area contributed by atoms with Crippen molar-refractivity contribution in [2.45, 2.75) is 32.7 Å². The fraction of sp³-hybridized carbons (Fsp3) is 0.353. The number of rotatable bonds is 3. The molecule has 0 atom stereocenters. The average molecular weight is 315 g/mol. The van der Waals surface area contributed by atoms with Gasteiger partial charge in [0.1, 0.15) is 5.75 Å². The lowest BCUT2D eigenvalue weighted by atomic mass is 9.90. The molecule has 3 aromatic rings. The molecule has 0 fully saturated rings. The summed E-state index contributed by atoms with van der Waals surface area (Å²) in [4.78, 5) is 5.81. The second kappa shape index (κ2) is 5.41. The Hall–Kier alpha value is -1.85. The lowest BCUT2D eigenvalue weighted by Crippen LogP contribution is -2.17. The quantitative estimate of drug-likeness (QED) is 0.799. The van der Waals surface area contributed by atoms with E-state index in [9.17, 15) is 0 Å². The fourth-order valence-electron chi connectivity index (χ4n) is 2.67. The lowest BCUT2D eigenvalue weighted by molar-refractivity contribution is 0.415. The van der Waals surface area contributed by atoms with Crippen LogP contribution in [-0.4, -0.2) is 16.5 Å². The molecule has 5 heteroatoms. The minimum Gasteiger partial charge on any atom is -0.497 e. The molecule has 4 nitrogen and oxygen atoms in total. The largest absolute Gasteiger partial charge is 0.497 e. The number of methoxy groups -OCH3 is 1. The third-order valence-corrected chi connectivity index (χ3v) is 4.57. The summed E-state index contributed by atoms with van der Waals surface area (Å²) in [6, 6.07) is 8.08. The van der Waals surface area contributed by atoms with Crippen molar-refractivity contribution < 1.29 is 4.74 Å². The van der Waals surface area contributed by atoms with Gasteiger partial charge in [0.05, 0.1) is 24.2 Å². The standard InChI is InChI=1S/C17H21N3OS/c1-17(2,3)15-13(9-18)20-14(10-22-16(20)19-15)11-5-7-12(21-4)8-6-11/h5-8,10H,9,18H2,1-4H3. The molecule has 0 unspecified atom stereocenters. The van der Waals surface area contributed by atoms with Gasteiger partial charge in [0.15, 0.2) is 4.96 Å². The summed E-state index contributed by atoms with van der Waals surface area (Å²) in [5.74, 6) is 0.857. The molecule has 2 N–H and O–H groups in total. The number of hydrogen-bond acceptors (Lipinski definition) is 4. The van der Waals surface area contributed by atoms with Crippen LogP contribution >= 0.6 is 11.3 Å². The Kier molecular flexibility index (Phi) is 3.70. The van der Waals surface area contributed by atoms with Crippen LogP contribution in [0.2, 0.25) is 0 Å². The topological polar surface area (TPSA) is 52.5 Å². The van der Waals surface area contributed by atoms with Gasteiger partial charge in [0.2, 0.25) is 0 Å².